The Balaban J connectivity index is 1.71. The zero-order valence-corrected chi connectivity index (χ0v) is 11.8. The van der Waals surface area contributed by atoms with Gasteiger partial charge in [-0.3, -0.25) is 0 Å². The highest BCUT2D eigenvalue weighted by Crippen LogP contribution is 2.42. The summed E-state index contributed by atoms with van der Waals surface area (Å²) >= 11 is 0. The quantitative estimate of drug-likeness (QED) is 0.556. The van der Waals surface area contributed by atoms with Crippen molar-refractivity contribution in [3.8, 4) is 0 Å². The fourth-order valence-corrected chi connectivity index (χ4v) is 4.00. The Bertz CT molecular complexity index is 221. The number of allylic oxidation sites excluding steroid dienone is 2. The van der Waals surface area contributed by atoms with Crippen LogP contribution in [0, 0.1) is 30.1 Å². The van der Waals surface area contributed by atoms with Crippen molar-refractivity contribution in [2.24, 2.45) is 23.7 Å². The molecule has 0 N–H and O–H groups in total. The molecule has 0 aliphatic heterocycles. The molecule has 0 aromatic heterocycles. The van der Waals surface area contributed by atoms with Crippen molar-refractivity contribution in [2.45, 2.75) is 57.8 Å². The van der Waals surface area contributed by atoms with Crippen LogP contribution in [-0.4, -0.2) is 0 Å². The van der Waals surface area contributed by atoms with Crippen LogP contribution in [0.4, 0.5) is 0 Å². The van der Waals surface area contributed by atoms with Crippen molar-refractivity contribution in [1.82, 2.24) is 0 Å². The highest BCUT2D eigenvalue weighted by atomic mass is 14.4. The van der Waals surface area contributed by atoms with Gasteiger partial charge in [0.25, 0.3) is 0 Å². The zero-order valence-electron chi connectivity index (χ0n) is 11.8. The number of hydrogen-bond donors (Lipinski definition) is 0. The van der Waals surface area contributed by atoms with E-state index >= 15 is 0 Å². The molecular formula is C18H29. The van der Waals surface area contributed by atoms with Crippen molar-refractivity contribution in [3.63, 3.8) is 0 Å². The second kappa shape index (κ2) is 7.16. The Morgan fingerprint density at radius 1 is 0.833 bits per heavy atom. The molecule has 2 aliphatic rings. The minimum absolute atomic E-state index is 0.899. The zero-order chi connectivity index (χ0) is 12.8. The molecule has 0 aromatic carbocycles. The summed E-state index contributed by atoms with van der Waals surface area (Å²) in [5.74, 6) is 3.76. The first-order chi connectivity index (χ1) is 8.83. The molecule has 0 heterocycles. The predicted octanol–water partition coefficient (Wildman–Crippen LogP) is 5.57. The third-order valence-corrected chi connectivity index (χ3v) is 5.18. The molecule has 0 saturated heterocycles. The molecule has 0 bridgehead atoms. The van der Waals surface area contributed by atoms with Crippen LogP contribution in [0.25, 0.3) is 0 Å². The molecule has 2 unspecified atom stereocenters. The average Bonchev–Trinajstić information content (AvgIpc) is 2.41. The van der Waals surface area contributed by atoms with Crippen LogP contribution in [-0.2, 0) is 0 Å². The molecule has 18 heavy (non-hydrogen) atoms. The van der Waals surface area contributed by atoms with Crippen LogP contribution >= 0.6 is 0 Å². The molecular weight excluding hydrogens is 216 g/mol. The topological polar surface area (TPSA) is 0 Å². The molecule has 2 atom stereocenters. The van der Waals surface area contributed by atoms with Gasteiger partial charge in [-0.15, -0.1) is 13.2 Å². The Hall–Kier alpha value is -0.520. The van der Waals surface area contributed by atoms with Gasteiger partial charge in [0.15, 0.2) is 0 Å². The van der Waals surface area contributed by atoms with Crippen molar-refractivity contribution in [1.29, 1.82) is 0 Å². The molecule has 2 aliphatic carbocycles. The molecule has 0 amide bonds. The van der Waals surface area contributed by atoms with Gasteiger partial charge in [0.05, 0.1) is 0 Å². The van der Waals surface area contributed by atoms with E-state index in [1.54, 1.807) is 0 Å². The summed E-state index contributed by atoms with van der Waals surface area (Å²) in [5.41, 5.74) is 0. The summed E-state index contributed by atoms with van der Waals surface area (Å²) in [6.07, 6.45) is 19.3. The van der Waals surface area contributed by atoms with E-state index in [1.807, 2.05) is 0 Å². The first kappa shape index (κ1) is 13.9. The second-order valence-corrected chi connectivity index (χ2v) is 6.41. The van der Waals surface area contributed by atoms with Gasteiger partial charge in [-0.1, -0.05) is 12.2 Å². The van der Waals surface area contributed by atoms with Crippen molar-refractivity contribution in [3.05, 3.63) is 31.7 Å². The summed E-state index contributed by atoms with van der Waals surface area (Å²) in [6.45, 7) is 7.74. The lowest BCUT2D eigenvalue weighted by molar-refractivity contribution is 0.185. The van der Waals surface area contributed by atoms with Crippen molar-refractivity contribution >= 4 is 0 Å². The van der Waals surface area contributed by atoms with Gasteiger partial charge in [0.2, 0.25) is 0 Å². The fraction of sp³-hybridized carbons (Fsp3) is 0.722. The van der Waals surface area contributed by atoms with Crippen LogP contribution in [0.1, 0.15) is 57.8 Å². The van der Waals surface area contributed by atoms with Crippen LogP contribution in [0.5, 0.6) is 0 Å². The van der Waals surface area contributed by atoms with Crippen LogP contribution in [0.2, 0.25) is 0 Å². The third kappa shape index (κ3) is 3.73. The van der Waals surface area contributed by atoms with E-state index in [-0.39, 0.29) is 0 Å². The van der Waals surface area contributed by atoms with Crippen LogP contribution in [0.15, 0.2) is 25.3 Å². The Kier molecular flexibility index (Phi) is 5.53. The number of rotatable bonds is 5. The van der Waals surface area contributed by atoms with Crippen molar-refractivity contribution in [2.75, 3.05) is 0 Å². The monoisotopic (exact) mass is 245 g/mol. The SMILES string of the molecule is C=CCC1C[CH]C(C2CCC(CC=C)CC2)CC1. The standard InChI is InChI=1S/C18H29/c1-3-5-15-7-11-17(12-8-15)18-13-9-16(6-4-2)10-14-18/h3-4,11,15-18H,1-2,5-10,12-14H2. The normalized spacial score (nSPS) is 37.1. The summed E-state index contributed by atoms with van der Waals surface area (Å²) in [7, 11) is 0. The third-order valence-electron chi connectivity index (χ3n) is 5.18. The average molecular weight is 245 g/mol. The Morgan fingerprint density at radius 2 is 1.44 bits per heavy atom. The summed E-state index contributed by atoms with van der Waals surface area (Å²) in [6, 6.07) is 0. The lowest BCUT2D eigenvalue weighted by Gasteiger charge is -2.37. The molecule has 0 nitrogen and oxygen atoms in total. The van der Waals surface area contributed by atoms with E-state index in [9.17, 15) is 0 Å². The predicted molar refractivity (Wildman–Crippen MR) is 80.2 cm³/mol. The van der Waals surface area contributed by atoms with E-state index in [2.05, 4.69) is 31.7 Å². The van der Waals surface area contributed by atoms with Crippen LogP contribution in [0.3, 0.4) is 0 Å². The lowest BCUT2D eigenvalue weighted by atomic mass is 9.68. The number of hydrogen-bond acceptors (Lipinski definition) is 0. The summed E-state index contributed by atoms with van der Waals surface area (Å²) in [4.78, 5) is 0. The minimum Gasteiger partial charge on any atom is -0.103 e. The first-order valence-corrected chi connectivity index (χ1v) is 7.88. The van der Waals surface area contributed by atoms with Gasteiger partial charge in [-0.25, -0.2) is 0 Å². The minimum atomic E-state index is 0.899. The van der Waals surface area contributed by atoms with Gasteiger partial charge in [-0.2, -0.15) is 0 Å². The van der Waals surface area contributed by atoms with E-state index < -0.39 is 0 Å². The molecule has 2 saturated carbocycles. The molecule has 0 aromatic rings. The second-order valence-electron chi connectivity index (χ2n) is 6.41. The lowest BCUT2D eigenvalue weighted by Crippen LogP contribution is -2.26. The Morgan fingerprint density at radius 3 is 2.00 bits per heavy atom. The summed E-state index contributed by atoms with van der Waals surface area (Å²) < 4.78 is 0. The van der Waals surface area contributed by atoms with Crippen molar-refractivity contribution < 1.29 is 0 Å². The largest absolute Gasteiger partial charge is 0.103 e. The highest BCUT2D eigenvalue weighted by molar-refractivity contribution is 4.93. The fourth-order valence-electron chi connectivity index (χ4n) is 4.00. The summed E-state index contributed by atoms with van der Waals surface area (Å²) in [5, 5.41) is 0. The van der Waals surface area contributed by atoms with Gasteiger partial charge >= 0.3 is 0 Å². The Labute approximate surface area is 114 Å². The van der Waals surface area contributed by atoms with E-state index in [0.29, 0.717) is 0 Å². The van der Waals surface area contributed by atoms with Gasteiger partial charge in [-0.05, 0) is 87.9 Å². The van der Waals surface area contributed by atoms with Crippen LogP contribution < -0.4 is 0 Å². The smallest absolute Gasteiger partial charge is 0.0325 e. The maximum absolute atomic E-state index is 3.88. The molecule has 0 spiro atoms. The molecule has 101 valence electrons. The van der Waals surface area contributed by atoms with Gasteiger partial charge in [0, 0.05) is 0 Å². The molecule has 2 rings (SSSR count). The molecule has 0 heteroatoms. The maximum Gasteiger partial charge on any atom is -0.0325 e. The highest BCUT2D eigenvalue weighted by Gasteiger charge is 2.30. The molecule has 2 fully saturated rings. The maximum atomic E-state index is 3.88. The van der Waals surface area contributed by atoms with E-state index in [1.165, 1.54) is 57.8 Å². The van der Waals surface area contributed by atoms with Gasteiger partial charge < -0.3 is 0 Å². The first-order valence-electron chi connectivity index (χ1n) is 7.88. The van der Waals surface area contributed by atoms with Gasteiger partial charge in [0.1, 0.15) is 0 Å². The van der Waals surface area contributed by atoms with E-state index in [4.69, 9.17) is 0 Å². The van der Waals surface area contributed by atoms with E-state index in [0.717, 1.165) is 23.7 Å². The molecule has 1 radical (unpaired) electrons.